The van der Waals surface area contributed by atoms with Crippen molar-refractivity contribution in [3.05, 3.63) is 90.5 Å². The molecular formula is C26H20N2O3S3. The molecule has 34 heavy (non-hydrogen) atoms. The molecular weight excluding hydrogens is 484 g/mol. The molecule has 4 aromatic carbocycles. The lowest BCUT2D eigenvalue weighted by molar-refractivity contribution is 0.469. The van der Waals surface area contributed by atoms with Gasteiger partial charge in [-0.2, -0.15) is 0 Å². The van der Waals surface area contributed by atoms with Crippen molar-refractivity contribution in [2.75, 3.05) is 4.72 Å². The highest BCUT2D eigenvalue weighted by atomic mass is 32.2. The maximum absolute atomic E-state index is 13.3. The van der Waals surface area contributed by atoms with Gasteiger partial charge in [-0.25, -0.2) is 13.4 Å². The van der Waals surface area contributed by atoms with E-state index in [0.29, 0.717) is 21.4 Å². The van der Waals surface area contributed by atoms with E-state index in [1.807, 2.05) is 43.3 Å². The second-order valence-electron chi connectivity index (χ2n) is 7.69. The molecule has 0 unspecified atom stereocenters. The molecule has 0 spiro atoms. The Kier molecular flexibility index (Phi) is 5.81. The quantitative estimate of drug-likeness (QED) is 0.242. The van der Waals surface area contributed by atoms with Gasteiger partial charge in [0.15, 0.2) is 4.34 Å². The molecule has 0 atom stereocenters. The van der Waals surface area contributed by atoms with Crippen molar-refractivity contribution in [1.82, 2.24) is 4.98 Å². The highest BCUT2D eigenvalue weighted by molar-refractivity contribution is 8.01. The van der Waals surface area contributed by atoms with Crippen LogP contribution in [0.2, 0.25) is 0 Å². The van der Waals surface area contributed by atoms with Crippen molar-refractivity contribution >= 4 is 65.9 Å². The SMILES string of the molecule is C=Cc1cc(S(=O)(=O)Nc2cc(Sc3nc4ccccc4s3)c(O)c3ccccc23)ccc1C. The molecule has 0 aliphatic heterocycles. The van der Waals surface area contributed by atoms with Crippen LogP contribution in [0.3, 0.4) is 0 Å². The van der Waals surface area contributed by atoms with Gasteiger partial charge in [0.05, 0.1) is 25.7 Å². The first kappa shape index (κ1) is 22.5. The van der Waals surface area contributed by atoms with Gasteiger partial charge in [0.25, 0.3) is 10.0 Å². The van der Waals surface area contributed by atoms with Crippen LogP contribution in [0.1, 0.15) is 11.1 Å². The number of aryl methyl sites for hydroxylation is 1. The molecule has 1 heterocycles. The highest BCUT2D eigenvalue weighted by Gasteiger charge is 2.20. The second-order valence-corrected chi connectivity index (χ2v) is 11.7. The first-order valence-corrected chi connectivity index (χ1v) is 13.5. The number of nitrogens with one attached hydrogen (secondary N) is 1. The highest BCUT2D eigenvalue weighted by Crippen LogP contribution is 2.44. The summed E-state index contributed by atoms with van der Waals surface area (Å²) in [6, 6.07) is 21.6. The summed E-state index contributed by atoms with van der Waals surface area (Å²) in [5.74, 6) is 0.0899. The van der Waals surface area contributed by atoms with Gasteiger partial charge in [-0.1, -0.05) is 66.9 Å². The average molecular weight is 505 g/mol. The fraction of sp³-hybridized carbons (Fsp3) is 0.0385. The monoisotopic (exact) mass is 504 g/mol. The molecule has 0 bridgehead atoms. The van der Waals surface area contributed by atoms with Crippen LogP contribution in [0.4, 0.5) is 5.69 Å². The van der Waals surface area contributed by atoms with Gasteiger partial charge in [-0.15, -0.1) is 11.3 Å². The summed E-state index contributed by atoms with van der Waals surface area (Å²) in [5.41, 5.74) is 2.97. The summed E-state index contributed by atoms with van der Waals surface area (Å²) in [4.78, 5) is 5.29. The Morgan fingerprint density at radius 1 is 1.03 bits per heavy atom. The van der Waals surface area contributed by atoms with Crippen LogP contribution in [0.5, 0.6) is 5.75 Å². The first-order chi connectivity index (χ1) is 16.4. The number of hydrogen-bond acceptors (Lipinski definition) is 6. The molecule has 8 heteroatoms. The number of para-hydroxylation sites is 1. The van der Waals surface area contributed by atoms with E-state index in [1.54, 1.807) is 42.5 Å². The molecule has 170 valence electrons. The lowest BCUT2D eigenvalue weighted by Gasteiger charge is -2.15. The van der Waals surface area contributed by atoms with Crippen LogP contribution in [0.15, 0.2) is 93.5 Å². The standard InChI is InChI=1S/C26H20N2O3S3/c1-3-17-14-18(13-12-16(17)2)34(30,31)28-22-15-24(25(29)20-9-5-4-8-19(20)22)33-26-27-21-10-6-7-11-23(21)32-26/h3-15,28-29H,1H2,2H3. The molecule has 0 saturated carbocycles. The van der Waals surface area contributed by atoms with E-state index in [9.17, 15) is 13.5 Å². The van der Waals surface area contributed by atoms with E-state index < -0.39 is 10.0 Å². The smallest absolute Gasteiger partial charge is 0.261 e. The third-order valence-corrected chi connectivity index (χ3v) is 8.97. The molecule has 0 fully saturated rings. The zero-order valence-corrected chi connectivity index (χ0v) is 20.6. The van der Waals surface area contributed by atoms with Gasteiger partial charge in [-0.3, -0.25) is 4.72 Å². The number of aromatic hydroxyl groups is 1. The molecule has 2 N–H and O–H groups in total. The van der Waals surface area contributed by atoms with E-state index in [2.05, 4.69) is 16.3 Å². The lowest BCUT2D eigenvalue weighted by atomic mass is 10.1. The molecule has 5 rings (SSSR count). The Hall–Kier alpha value is -3.33. The van der Waals surface area contributed by atoms with Crippen LogP contribution in [0, 0.1) is 6.92 Å². The lowest BCUT2D eigenvalue weighted by Crippen LogP contribution is -2.13. The Morgan fingerprint density at radius 2 is 1.76 bits per heavy atom. The Bertz CT molecular complexity index is 1640. The van der Waals surface area contributed by atoms with Gasteiger partial charge >= 0.3 is 0 Å². The minimum atomic E-state index is -3.88. The van der Waals surface area contributed by atoms with E-state index in [-0.39, 0.29) is 10.6 Å². The zero-order chi connectivity index (χ0) is 23.9. The minimum Gasteiger partial charge on any atom is -0.506 e. The number of thiazole rings is 1. The maximum atomic E-state index is 13.3. The summed E-state index contributed by atoms with van der Waals surface area (Å²) < 4.78 is 31.1. The molecule has 1 aromatic heterocycles. The summed E-state index contributed by atoms with van der Waals surface area (Å²) in [6.07, 6.45) is 1.64. The van der Waals surface area contributed by atoms with Crippen molar-refractivity contribution in [2.45, 2.75) is 21.1 Å². The van der Waals surface area contributed by atoms with E-state index in [4.69, 9.17) is 0 Å². The summed E-state index contributed by atoms with van der Waals surface area (Å²) in [6.45, 7) is 5.67. The number of phenolic OH excluding ortho intramolecular Hbond substituents is 1. The summed E-state index contributed by atoms with van der Waals surface area (Å²) in [5, 5.41) is 12.2. The van der Waals surface area contributed by atoms with E-state index in [0.717, 1.165) is 25.7 Å². The number of fused-ring (bicyclic) bond motifs is 2. The van der Waals surface area contributed by atoms with Gasteiger partial charge < -0.3 is 5.11 Å². The Balaban J connectivity index is 1.59. The van der Waals surface area contributed by atoms with Crippen molar-refractivity contribution in [1.29, 1.82) is 0 Å². The molecule has 0 amide bonds. The second kappa shape index (κ2) is 8.79. The van der Waals surface area contributed by atoms with Crippen molar-refractivity contribution in [3.8, 4) is 5.75 Å². The average Bonchev–Trinajstić information content (AvgIpc) is 3.24. The Morgan fingerprint density at radius 3 is 2.53 bits per heavy atom. The van der Waals surface area contributed by atoms with Crippen molar-refractivity contribution in [3.63, 3.8) is 0 Å². The summed E-state index contributed by atoms with van der Waals surface area (Å²) >= 11 is 2.83. The molecule has 5 nitrogen and oxygen atoms in total. The number of benzene rings is 4. The number of sulfonamides is 1. The molecule has 0 saturated heterocycles. The number of hydrogen-bond donors (Lipinski definition) is 2. The largest absolute Gasteiger partial charge is 0.506 e. The predicted octanol–water partition coefficient (Wildman–Crippen LogP) is 7.06. The van der Waals surface area contributed by atoms with Crippen molar-refractivity contribution in [2.24, 2.45) is 0 Å². The number of anilines is 1. The molecule has 0 aliphatic carbocycles. The van der Waals surface area contributed by atoms with Gasteiger partial charge in [0, 0.05) is 10.8 Å². The first-order valence-electron chi connectivity index (χ1n) is 10.4. The number of aromatic nitrogens is 1. The third kappa shape index (κ3) is 4.16. The normalized spacial score (nSPS) is 11.7. The fourth-order valence-corrected chi connectivity index (χ4v) is 6.92. The molecule has 0 aliphatic rings. The van der Waals surface area contributed by atoms with Gasteiger partial charge in [0.2, 0.25) is 0 Å². The predicted molar refractivity (Wildman–Crippen MR) is 141 cm³/mol. The fourth-order valence-electron chi connectivity index (χ4n) is 3.69. The number of rotatable bonds is 6. The minimum absolute atomic E-state index is 0.0899. The topological polar surface area (TPSA) is 79.3 Å². The van der Waals surface area contributed by atoms with E-state index in [1.165, 1.54) is 23.1 Å². The van der Waals surface area contributed by atoms with E-state index >= 15 is 0 Å². The zero-order valence-electron chi connectivity index (χ0n) is 18.1. The molecule has 5 aromatic rings. The van der Waals surface area contributed by atoms with Crippen LogP contribution < -0.4 is 4.72 Å². The Labute approximate surface area is 205 Å². The number of phenols is 1. The van der Waals surface area contributed by atoms with Crippen LogP contribution in [0.25, 0.3) is 27.1 Å². The maximum Gasteiger partial charge on any atom is 0.261 e. The van der Waals surface area contributed by atoms with Crippen LogP contribution in [-0.4, -0.2) is 18.5 Å². The van der Waals surface area contributed by atoms with Crippen LogP contribution in [-0.2, 0) is 10.0 Å². The number of nitrogens with zero attached hydrogens (tertiary/aromatic N) is 1. The van der Waals surface area contributed by atoms with Gasteiger partial charge in [0.1, 0.15) is 5.75 Å². The van der Waals surface area contributed by atoms with Crippen LogP contribution >= 0.6 is 23.1 Å². The third-order valence-electron chi connectivity index (χ3n) is 5.48. The van der Waals surface area contributed by atoms with Gasteiger partial charge in [-0.05, 0) is 48.4 Å². The summed E-state index contributed by atoms with van der Waals surface area (Å²) in [7, 11) is -3.88. The molecule has 0 radical (unpaired) electrons. The van der Waals surface area contributed by atoms with Crippen molar-refractivity contribution < 1.29 is 13.5 Å².